The molecule has 0 aliphatic heterocycles. The Kier molecular flexibility index (Phi) is 3.77. The maximum atomic E-state index is 11.8. The summed E-state index contributed by atoms with van der Waals surface area (Å²) in [5, 5.41) is 8.65. The Morgan fingerprint density at radius 3 is 2.53 bits per heavy atom. The van der Waals surface area contributed by atoms with Crippen molar-refractivity contribution in [1.82, 2.24) is 0 Å². The topological polar surface area (TPSA) is 50.1 Å². The summed E-state index contributed by atoms with van der Waals surface area (Å²) in [4.78, 5) is 11.8. The van der Waals surface area contributed by atoms with Crippen molar-refractivity contribution in [2.45, 2.75) is 25.7 Å². The number of hydrogen-bond acceptors (Lipinski definition) is 3. The molecule has 1 aromatic carbocycles. The predicted octanol–water partition coefficient (Wildman–Crippen LogP) is 2.70. The Morgan fingerprint density at radius 1 is 1.29 bits per heavy atom. The number of benzene rings is 1. The number of carbonyl (C=O) groups excluding carboxylic acids is 1. The van der Waals surface area contributed by atoms with E-state index in [4.69, 9.17) is 10.00 Å². The number of ketones is 1. The number of nitriles is 1. The zero-order chi connectivity index (χ0) is 12.1. The van der Waals surface area contributed by atoms with Gasteiger partial charge in [-0.25, -0.2) is 0 Å². The number of Topliss-reactive ketones (excluding diaryl/α,β-unsaturated/α-hetero) is 1. The van der Waals surface area contributed by atoms with E-state index in [1.165, 1.54) is 0 Å². The highest BCUT2D eigenvalue weighted by Gasteiger charge is 2.22. The molecule has 0 amide bonds. The minimum Gasteiger partial charge on any atom is -0.486 e. The van der Waals surface area contributed by atoms with E-state index < -0.39 is 0 Å². The summed E-state index contributed by atoms with van der Waals surface area (Å²) in [6.07, 6.45) is 4.34. The van der Waals surface area contributed by atoms with Crippen LogP contribution in [0.5, 0.6) is 5.75 Å². The minimum atomic E-state index is 0.149. The molecule has 0 heterocycles. The van der Waals surface area contributed by atoms with Gasteiger partial charge in [-0.2, -0.15) is 5.26 Å². The SMILES string of the molecule is N#Cc1ccc(OCC(=O)C2CCCC2)cc1. The molecule has 0 aromatic heterocycles. The Labute approximate surface area is 101 Å². The fourth-order valence-electron chi connectivity index (χ4n) is 2.15. The van der Waals surface area contributed by atoms with Crippen LogP contribution in [0.15, 0.2) is 24.3 Å². The zero-order valence-electron chi connectivity index (χ0n) is 9.69. The van der Waals surface area contributed by atoms with Gasteiger partial charge in [0.1, 0.15) is 12.4 Å². The molecule has 0 N–H and O–H groups in total. The van der Waals surface area contributed by atoms with Gasteiger partial charge < -0.3 is 4.74 Å². The van der Waals surface area contributed by atoms with Crippen molar-refractivity contribution in [2.24, 2.45) is 5.92 Å². The number of hydrogen-bond donors (Lipinski definition) is 0. The van der Waals surface area contributed by atoms with Crippen LogP contribution in [0.2, 0.25) is 0 Å². The molecular weight excluding hydrogens is 214 g/mol. The smallest absolute Gasteiger partial charge is 0.173 e. The van der Waals surface area contributed by atoms with Crippen LogP contribution in [0.25, 0.3) is 0 Å². The normalized spacial score (nSPS) is 15.5. The molecule has 0 radical (unpaired) electrons. The number of rotatable bonds is 4. The van der Waals surface area contributed by atoms with Crippen molar-refractivity contribution in [3.8, 4) is 11.8 Å². The van der Waals surface area contributed by atoms with Crippen LogP contribution in [-0.2, 0) is 4.79 Å². The average Bonchev–Trinajstić information content (AvgIpc) is 2.90. The third-order valence-electron chi connectivity index (χ3n) is 3.18. The third kappa shape index (κ3) is 3.07. The van der Waals surface area contributed by atoms with E-state index in [0.717, 1.165) is 25.7 Å². The van der Waals surface area contributed by atoms with Gasteiger partial charge in [-0.05, 0) is 37.1 Å². The molecule has 0 atom stereocenters. The van der Waals surface area contributed by atoms with Crippen LogP contribution in [0.3, 0.4) is 0 Å². The second kappa shape index (κ2) is 5.49. The largest absolute Gasteiger partial charge is 0.486 e. The van der Waals surface area contributed by atoms with Gasteiger partial charge in [0.15, 0.2) is 5.78 Å². The van der Waals surface area contributed by atoms with E-state index in [-0.39, 0.29) is 18.3 Å². The second-order valence-corrected chi connectivity index (χ2v) is 4.37. The van der Waals surface area contributed by atoms with Crippen molar-refractivity contribution >= 4 is 5.78 Å². The van der Waals surface area contributed by atoms with Crippen molar-refractivity contribution in [1.29, 1.82) is 5.26 Å². The molecule has 0 saturated heterocycles. The second-order valence-electron chi connectivity index (χ2n) is 4.37. The molecule has 3 nitrogen and oxygen atoms in total. The lowest BCUT2D eigenvalue weighted by Crippen LogP contribution is -2.19. The maximum absolute atomic E-state index is 11.8. The van der Waals surface area contributed by atoms with E-state index in [2.05, 4.69) is 0 Å². The summed E-state index contributed by atoms with van der Waals surface area (Å²) < 4.78 is 5.42. The van der Waals surface area contributed by atoms with Crippen LogP contribution < -0.4 is 4.74 Å². The first-order valence-corrected chi connectivity index (χ1v) is 5.95. The Bertz CT molecular complexity index is 425. The maximum Gasteiger partial charge on any atom is 0.173 e. The highest BCUT2D eigenvalue weighted by Crippen LogP contribution is 2.25. The summed E-state index contributed by atoms with van der Waals surface area (Å²) in [5.74, 6) is 1.05. The fraction of sp³-hybridized carbons (Fsp3) is 0.429. The van der Waals surface area contributed by atoms with Crippen LogP contribution in [-0.4, -0.2) is 12.4 Å². The van der Waals surface area contributed by atoms with E-state index >= 15 is 0 Å². The van der Waals surface area contributed by atoms with Gasteiger partial charge in [0.05, 0.1) is 11.6 Å². The first-order valence-electron chi connectivity index (χ1n) is 5.95. The van der Waals surface area contributed by atoms with Crippen molar-refractivity contribution in [3.05, 3.63) is 29.8 Å². The van der Waals surface area contributed by atoms with Gasteiger partial charge in [0, 0.05) is 5.92 Å². The fourth-order valence-corrected chi connectivity index (χ4v) is 2.15. The molecule has 1 aliphatic rings. The van der Waals surface area contributed by atoms with Crippen molar-refractivity contribution in [2.75, 3.05) is 6.61 Å². The summed E-state index contributed by atoms with van der Waals surface area (Å²) in [7, 11) is 0. The Morgan fingerprint density at radius 2 is 1.94 bits per heavy atom. The van der Waals surface area contributed by atoms with Crippen LogP contribution in [0.1, 0.15) is 31.2 Å². The van der Waals surface area contributed by atoms with Crippen LogP contribution >= 0.6 is 0 Å². The van der Waals surface area contributed by atoms with Gasteiger partial charge in [0.2, 0.25) is 0 Å². The quantitative estimate of drug-likeness (QED) is 0.797. The van der Waals surface area contributed by atoms with Crippen molar-refractivity contribution in [3.63, 3.8) is 0 Å². The monoisotopic (exact) mass is 229 g/mol. The highest BCUT2D eigenvalue weighted by atomic mass is 16.5. The lowest BCUT2D eigenvalue weighted by molar-refractivity contribution is -0.124. The Hall–Kier alpha value is -1.82. The molecule has 3 heteroatoms. The summed E-state index contributed by atoms with van der Waals surface area (Å²) in [5.41, 5.74) is 0.597. The molecule has 88 valence electrons. The molecule has 0 unspecified atom stereocenters. The molecule has 1 aromatic rings. The van der Waals surface area contributed by atoms with Crippen molar-refractivity contribution < 1.29 is 9.53 Å². The Balaban J connectivity index is 1.84. The summed E-state index contributed by atoms with van der Waals surface area (Å²) in [6, 6.07) is 8.87. The lowest BCUT2D eigenvalue weighted by Gasteiger charge is -2.09. The first-order chi connectivity index (χ1) is 8.29. The number of nitrogens with zero attached hydrogens (tertiary/aromatic N) is 1. The van der Waals surface area contributed by atoms with E-state index in [1.807, 2.05) is 6.07 Å². The van der Waals surface area contributed by atoms with E-state index in [9.17, 15) is 4.79 Å². The highest BCUT2D eigenvalue weighted by molar-refractivity contribution is 5.82. The zero-order valence-corrected chi connectivity index (χ0v) is 9.69. The molecule has 0 spiro atoms. The van der Waals surface area contributed by atoms with Gasteiger partial charge in [-0.3, -0.25) is 4.79 Å². The van der Waals surface area contributed by atoms with Gasteiger partial charge in [-0.15, -0.1) is 0 Å². The predicted molar refractivity (Wildman–Crippen MR) is 63.6 cm³/mol. The van der Waals surface area contributed by atoms with Crippen LogP contribution in [0.4, 0.5) is 0 Å². The molecule has 1 aliphatic carbocycles. The van der Waals surface area contributed by atoms with Gasteiger partial charge in [-0.1, -0.05) is 12.8 Å². The van der Waals surface area contributed by atoms with E-state index in [0.29, 0.717) is 11.3 Å². The average molecular weight is 229 g/mol. The summed E-state index contributed by atoms with van der Waals surface area (Å²) in [6.45, 7) is 0.149. The number of carbonyl (C=O) groups is 1. The summed E-state index contributed by atoms with van der Waals surface area (Å²) >= 11 is 0. The molecular formula is C14H15NO2. The van der Waals surface area contributed by atoms with Gasteiger partial charge >= 0.3 is 0 Å². The molecule has 1 fully saturated rings. The molecule has 1 saturated carbocycles. The molecule has 0 bridgehead atoms. The molecule has 17 heavy (non-hydrogen) atoms. The van der Waals surface area contributed by atoms with E-state index in [1.54, 1.807) is 24.3 Å². The standard InChI is InChI=1S/C14H15NO2/c15-9-11-5-7-13(8-6-11)17-10-14(16)12-3-1-2-4-12/h5-8,12H,1-4,10H2. The minimum absolute atomic E-state index is 0.149. The first kappa shape index (κ1) is 11.7. The van der Waals surface area contributed by atoms with Gasteiger partial charge in [0.25, 0.3) is 0 Å². The molecule has 2 rings (SSSR count). The third-order valence-corrected chi connectivity index (χ3v) is 3.18. The van der Waals surface area contributed by atoms with Crippen LogP contribution in [0, 0.1) is 17.2 Å². The number of ether oxygens (including phenoxy) is 1. The lowest BCUT2D eigenvalue weighted by atomic mass is 10.0.